The van der Waals surface area contributed by atoms with Crippen molar-refractivity contribution >= 4 is 17.5 Å². The van der Waals surface area contributed by atoms with E-state index in [4.69, 9.17) is 11.6 Å². The van der Waals surface area contributed by atoms with Crippen LogP contribution < -0.4 is 5.32 Å². The minimum atomic E-state index is -0.347. The van der Waals surface area contributed by atoms with Crippen molar-refractivity contribution in [3.8, 4) is 0 Å². The van der Waals surface area contributed by atoms with Crippen LogP contribution in [0.25, 0.3) is 0 Å². The number of rotatable bonds is 6. The van der Waals surface area contributed by atoms with Crippen LogP contribution in [0.1, 0.15) is 30.0 Å². The molecule has 3 rings (SSSR count). The van der Waals surface area contributed by atoms with Crippen LogP contribution in [0.3, 0.4) is 0 Å². The van der Waals surface area contributed by atoms with Gasteiger partial charge in [0.2, 0.25) is 5.91 Å². The van der Waals surface area contributed by atoms with Crippen LogP contribution in [-0.4, -0.2) is 30.4 Å². The number of hydrogen-bond donors (Lipinski definition) is 1. The molecule has 0 unspecified atom stereocenters. The Balaban J connectivity index is 1.67. The van der Waals surface area contributed by atoms with Gasteiger partial charge in [0, 0.05) is 11.6 Å². The molecule has 5 heteroatoms. The molecule has 1 fully saturated rings. The lowest BCUT2D eigenvalue weighted by Crippen LogP contribution is -2.37. The lowest BCUT2D eigenvalue weighted by Gasteiger charge is -2.29. The van der Waals surface area contributed by atoms with Gasteiger partial charge in [0.25, 0.3) is 0 Å². The zero-order valence-electron chi connectivity index (χ0n) is 14.1. The zero-order valence-corrected chi connectivity index (χ0v) is 14.8. The van der Waals surface area contributed by atoms with E-state index in [0.29, 0.717) is 17.1 Å². The first kappa shape index (κ1) is 17.9. The minimum absolute atomic E-state index is 0.0424. The Hall–Kier alpha value is -1.91. The summed E-state index contributed by atoms with van der Waals surface area (Å²) in [5.41, 5.74) is 1.44. The van der Waals surface area contributed by atoms with Crippen molar-refractivity contribution in [3.05, 3.63) is 70.5 Å². The number of likely N-dealkylation sites (tertiary alicyclic amines) is 1. The first-order chi connectivity index (χ1) is 12.1. The van der Waals surface area contributed by atoms with E-state index < -0.39 is 0 Å². The molecule has 0 bridgehead atoms. The molecule has 1 atom stereocenters. The van der Waals surface area contributed by atoms with Gasteiger partial charge in [-0.2, -0.15) is 0 Å². The summed E-state index contributed by atoms with van der Waals surface area (Å²) in [6, 6.07) is 14.2. The van der Waals surface area contributed by atoms with Gasteiger partial charge in [-0.25, -0.2) is 4.39 Å². The normalized spacial score (nSPS) is 15.9. The third-order valence-corrected chi connectivity index (χ3v) is 4.99. The number of hydrogen-bond acceptors (Lipinski definition) is 2. The highest BCUT2D eigenvalue weighted by molar-refractivity contribution is 6.31. The Morgan fingerprint density at radius 3 is 2.52 bits per heavy atom. The maximum atomic E-state index is 13.7. The second kappa shape index (κ2) is 8.45. The Morgan fingerprint density at radius 2 is 1.80 bits per heavy atom. The van der Waals surface area contributed by atoms with Gasteiger partial charge in [-0.15, -0.1) is 0 Å². The number of nitrogens with one attached hydrogen (secondary N) is 1. The van der Waals surface area contributed by atoms with Crippen molar-refractivity contribution in [2.45, 2.75) is 25.3 Å². The van der Waals surface area contributed by atoms with Gasteiger partial charge in [0.05, 0.1) is 12.5 Å². The van der Waals surface area contributed by atoms with E-state index in [1.807, 2.05) is 24.3 Å². The molecular formula is C20H22ClFN2O. The van der Waals surface area contributed by atoms with E-state index in [0.717, 1.165) is 31.5 Å². The van der Waals surface area contributed by atoms with Crippen molar-refractivity contribution in [2.24, 2.45) is 0 Å². The third kappa shape index (κ3) is 4.59. The van der Waals surface area contributed by atoms with E-state index in [2.05, 4.69) is 10.2 Å². The van der Waals surface area contributed by atoms with Gasteiger partial charge >= 0.3 is 0 Å². The highest BCUT2D eigenvalue weighted by Crippen LogP contribution is 2.29. The second-order valence-electron chi connectivity index (χ2n) is 6.35. The largest absolute Gasteiger partial charge is 0.354 e. The predicted molar refractivity (Wildman–Crippen MR) is 98.1 cm³/mol. The fourth-order valence-electron chi connectivity index (χ4n) is 3.32. The van der Waals surface area contributed by atoms with Crippen molar-refractivity contribution in [3.63, 3.8) is 0 Å². The minimum Gasteiger partial charge on any atom is -0.354 e. The molecule has 1 N–H and O–H groups in total. The maximum absolute atomic E-state index is 13.7. The third-order valence-electron chi connectivity index (χ3n) is 4.65. The summed E-state index contributed by atoms with van der Waals surface area (Å²) >= 11 is 6.37. The summed E-state index contributed by atoms with van der Waals surface area (Å²) in [6.07, 6.45) is 2.36. The van der Waals surface area contributed by atoms with Crippen molar-refractivity contribution in [2.75, 3.05) is 19.6 Å². The average molecular weight is 361 g/mol. The molecule has 3 nitrogen and oxygen atoms in total. The first-order valence-corrected chi connectivity index (χ1v) is 9.01. The monoisotopic (exact) mass is 360 g/mol. The molecule has 2 aromatic carbocycles. The van der Waals surface area contributed by atoms with Crippen molar-refractivity contribution in [1.29, 1.82) is 0 Å². The summed E-state index contributed by atoms with van der Waals surface area (Å²) in [5, 5.41) is 3.67. The molecular weight excluding hydrogens is 339 g/mol. The second-order valence-corrected chi connectivity index (χ2v) is 6.76. The highest BCUT2D eigenvalue weighted by Gasteiger charge is 2.25. The fraction of sp³-hybridized carbons (Fsp3) is 0.350. The molecule has 1 saturated heterocycles. The average Bonchev–Trinajstić information content (AvgIpc) is 3.13. The quantitative estimate of drug-likeness (QED) is 0.845. The van der Waals surface area contributed by atoms with E-state index in [9.17, 15) is 9.18 Å². The SMILES string of the molecule is O=C(Cc1ccccc1F)NC[C@@H](c1ccccc1Cl)N1CCCC1. The lowest BCUT2D eigenvalue weighted by atomic mass is 10.0. The van der Waals surface area contributed by atoms with Gasteiger partial charge in [-0.3, -0.25) is 9.69 Å². The summed E-state index contributed by atoms with van der Waals surface area (Å²) in [4.78, 5) is 14.6. The molecule has 0 radical (unpaired) electrons. The highest BCUT2D eigenvalue weighted by atomic mass is 35.5. The van der Waals surface area contributed by atoms with Crippen molar-refractivity contribution < 1.29 is 9.18 Å². The molecule has 132 valence electrons. The van der Waals surface area contributed by atoms with Gasteiger partial charge < -0.3 is 5.32 Å². The summed E-state index contributed by atoms with van der Waals surface area (Å²) in [6.45, 7) is 2.47. The zero-order chi connectivity index (χ0) is 17.6. The Labute approximate surface area is 152 Å². The van der Waals surface area contributed by atoms with Crippen LogP contribution in [-0.2, 0) is 11.2 Å². The van der Waals surface area contributed by atoms with Gasteiger partial charge in [0.15, 0.2) is 0 Å². The molecule has 1 amide bonds. The number of nitrogens with zero attached hydrogens (tertiary/aromatic N) is 1. The van der Waals surface area contributed by atoms with Gasteiger partial charge in [0.1, 0.15) is 5.82 Å². The van der Waals surface area contributed by atoms with E-state index >= 15 is 0 Å². The standard InChI is InChI=1S/C20H22ClFN2O/c21-17-9-3-2-8-16(17)19(24-11-5-6-12-24)14-23-20(25)13-15-7-1-4-10-18(15)22/h1-4,7-10,19H,5-6,11-14H2,(H,23,25)/t19-/m0/s1. The topological polar surface area (TPSA) is 32.3 Å². The summed E-state index contributed by atoms with van der Waals surface area (Å²) in [5.74, 6) is -0.527. The fourth-order valence-corrected chi connectivity index (χ4v) is 3.58. The molecule has 1 aliphatic rings. The molecule has 0 saturated carbocycles. The van der Waals surface area contributed by atoms with E-state index in [-0.39, 0.29) is 24.2 Å². The number of halogens is 2. The summed E-state index contributed by atoms with van der Waals surface area (Å²) < 4.78 is 13.7. The van der Waals surface area contributed by atoms with Crippen LogP contribution in [0.4, 0.5) is 4.39 Å². The molecule has 1 aliphatic heterocycles. The number of carbonyl (C=O) groups excluding carboxylic acids is 1. The molecule has 25 heavy (non-hydrogen) atoms. The van der Waals surface area contributed by atoms with Crippen LogP contribution >= 0.6 is 11.6 Å². The smallest absolute Gasteiger partial charge is 0.224 e. The van der Waals surface area contributed by atoms with Crippen LogP contribution in [0.5, 0.6) is 0 Å². The molecule has 0 spiro atoms. The van der Waals surface area contributed by atoms with Crippen LogP contribution in [0.2, 0.25) is 5.02 Å². The summed E-state index contributed by atoms with van der Waals surface area (Å²) in [7, 11) is 0. The van der Waals surface area contributed by atoms with Crippen LogP contribution in [0, 0.1) is 5.82 Å². The Kier molecular flexibility index (Phi) is 6.05. The molecule has 0 aromatic heterocycles. The van der Waals surface area contributed by atoms with Gasteiger partial charge in [-0.05, 0) is 49.2 Å². The van der Waals surface area contributed by atoms with Gasteiger partial charge in [-0.1, -0.05) is 48.0 Å². The predicted octanol–water partition coefficient (Wildman–Crippen LogP) is 3.97. The van der Waals surface area contributed by atoms with E-state index in [1.54, 1.807) is 18.2 Å². The first-order valence-electron chi connectivity index (χ1n) is 8.64. The lowest BCUT2D eigenvalue weighted by molar-refractivity contribution is -0.120. The molecule has 2 aromatic rings. The number of benzene rings is 2. The Bertz CT molecular complexity index is 731. The Morgan fingerprint density at radius 1 is 1.12 bits per heavy atom. The number of carbonyl (C=O) groups is 1. The van der Waals surface area contributed by atoms with Crippen LogP contribution in [0.15, 0.2) is 48.5 Å². The number of amides is 1. The molecule has 0 aliphatic carbocycles. The maximum Gasteiger partial charge on any atom is 0.224 e. The molecule has 1 heterocycles. The van der Waals surface area contributed by atoms with E-state index in [1.165, 1.54) is 6.07 Å². The van der Waals surface area contributed by atoms with Crippen molar-refractivity contribution in [1.82, 2.24) is 10.2 Å².